The van der Waals surface area contributed by atoms with Crippen LogP contribution in [0, 0.1) is 10.1 Å². The number of nitro groups is 1. The number of nitro benzene ring substituents is 1. The summed E-state index contributed by atoms with van der Waals surface area (Å²) < 4.78 is 0. The lowest BCUT2D eigenvalue weighted by molar-refractivity contribution is -0.384. The Kier molecular flexibility index (Phi) is 4.47. The Labute approximate surface area is 125 Å². The summed E-state index contributed by atoms with van der Waals surface area (Å²) in [4.78, 5) is 33.7. The predicted molar refractivity (Wildman–Crippen MR) is 80.1 cm³/mol. The summed E-state index contributed by atoms with van der Waals surface area (Å²) in [5.41, 5.74) is 6.67. The monoisotopic (exact) mass is 299 g/mol. The highest BCUT2D eigenvalue weighted by molar-refractivity contribution is 6.07. The largest absolute Gasteiger partial charge is 0.398 e. The molecule has 0 aliphatic carbocycles. The van der Waals surface area contributed by atoms with Gasteiger partial charge in [-0.05, 0) is 17.7 Å². The highest BCUT2D eigenvalue weighted by atomic mass is 16.6. The fourth-order valence-corrected chi connectivity index (χ4v) is 1.86. The molecule has 2 rings (SSSR count). The third-order valence-corrected chi connectivity index (χ3v) is 2.97. The lowest BCUT2D eigenvalue weighted by Gasteiger charge is -2.06. The van der Waals surface area contributed by atoms with Gasteiger partial charge in [-0.2, -0.15) is 0 Å². The van der Waals surface area contributed by atoms with Crippen molar-refractivity contribution in [1.82, 2.24) is 5.32 Å². The molecule has 0 unspecified atom stereocenters. The molecule has 0 aliphatic heterocycles. The van der Waals surface area contributed by atoms with Crippen LogP contribution < -0.4 is 11.1 Å². The van der Waals surface area contributed by atoms with Crippen molar-refractivity contribution < 1.29 is 14.5 Å². The number of benzene rings is 2. The van der Waals surface area contributed by atoms with Crippen LogP contribution in [0.3, 0.4) is 0 Å². The van der Waals surface area contributed by atoms with Crippen LogP contribution in [0.1, 0.15) is 15.9 Å². The highest BCUT2D eigenvalue weighted by Gasteiger charge is 2.13. The Morgan fingerprint density at radius 2 is 1.73 bits per heavy atom. The Hall–Kier alpha value is -3.22. The first kappa shape index (κ1) is 15.2. The van der Waals surface area contributed by atoms with Crippen LogP contribution in [-0.4, -0.2) is 16.7 Å². The fraction of sp³-hybridized carbons (Fsp3) is 0.0667. The number of nitrogen functional groups attached to an aromatic ring is 1. The van der Waals surface area contributed by atoms with Gasteiger partial charge in [0, 0.05) is 17.8 Å². The van der Waals surface area contributed by atoms with Gasteiger partial charge in [0.2, 0.25) is 5.91 Å². The average Bonchev–Trinajstić information content (AvgIpc) is 2.48. The van der Waals surface area contributed by atoms with E-state index in [-0.39, 0.29) is 23.4 Å². The Bertz CT molecular complexity index is 726. The molecule has 0 atom stereocenters. The summed E-state index contributed by atoms with van der Waals surface area (Å²) in [6.07, 6.45) is -0.0591. The van der Waals surface area contributed by atoms with Gasteiger partial charge in [-0.1, -0.05) is 24.3 Å². The molecule has 7 nitrogen and oxygen atoms in total. The molecule has 0 saturated heterocycles. The van der Waals surface area contributed by atoms with Crippen LogP contribution in [-0.2, 0) is 11.2 Å². The third kappa shape index (κ3) is 3.66. The average molecular weight is 299 g/mol. The van der Waals surface area contributed by atoms with Crippen molar-refractivity contribution in [3.63, 3.8) is 0 Å². The number of nitrogens with one attached hydrogen (secondary N) is 1. The summed E-state index contributed by atoms with van der Waals surface area (Å²) in [5.74, 6) is -1.09. The van der Waals surface area contributed by atoms with Gasteiger partial charge in [-0.15, -0.1) is 0 Å². The summed E-state index contributed by atoms with van der Waals surface area (Å²) >= 11 is 0. The molecule has 0 heterocycles. The second-order valence-electron chi connectivity index (χ2n) is 4.56. The van der Waals surface area contributed by atoms with Crippen molar-refractivity contribution in [3.05, 3.63) is 69.8 Å². The molecule has 2 amide bonds. The quantitative estimate of drug-likeness (QED) is 0.506. The van der Waals surface area contributed by atoms with E-state index in [1.54, 1.807) is 18.2 Å². The smallest absolute Gasteiger partial charge is 0.269 e. The van der Waals surface area contributed by atoms with Crippen molar-refractivity contribution in [2.24, 2.45) is 0 Å². The summed E-state index contributed by atoms with van der Waals surface area (Å²) in [5, 5.41) is 12.8. The van der Waals surface area contributed by atoms with E-state index < -0.39 is 16.7 Å². The first-order valence-electron chi connectivity index (χ1n) is 6.39. The van der Waals surface area contributed by atoms with Crippen molar-refractivity contribution >= 4 is 23.2 Å². The molecule has 3 N–H and O–H groups in total. The van der Waals surface area contributed by atoms with Crippen LogP contribution in [0.4, 0.5) is 11.4 Å². The summed E-state index contributed by atoms with van der Waals surface area (Å²) in [6.45, 7) is 0. The number of non-ortho nitro benzene ring substituents is 1. The molecule has 7 heteroatoms. The zero-order chi connectivity index (χ0) is 16.1. The molecule has 0 aliphatic rings. The van der Waals surface area contributed by atoms with Gasteiger partial charge in [0.25, 0.3) is 11.6 Å². The van der Waals surface area contributed by atoms with E-state index in [1.807, 2.05) is 0 Å². The lowest BCUT2D eigenvalue weighted by Crippen LogP contribution is -2.32. The normalized spacial score (nSPS) is 10.0. The first-order valence-corrected chi connectivity index (χ1v) is 6.39. The minimum absolute atomic E-state index is 0.0581. The molecule has 112 valence electrons. The number of carbonyl (C=O) groups excluding carboxylic acids is 2. The molecule has 0 fully saturated rings. The van der Waals surface area contributed by atoms with Gasteiger partial charge >= 0.3 is 0 Å². The van der Waals surface area contributed by atoms with Crippen LogP contribution in [0.5, 0.6) is 0 Å². The van der Waals surface area contributed by atoms with E-state index in [9.17, 15) is 19.7 Å². The molecule has 0 radical (unpaired) electrons. The number of imide groups is 1. The zero-order valence-electron chi connectivity index (χ0n) is 11.5. The predicted octanol–water partition coefficient (Wildman–Crippen LogP) is 1.68. The number of para-hydroxylation sites is 1. The van der Waals surface area contributed by atoms with Crippen molar-refractivity contribution in [2.45, 2.75) is 6.42 Å². The Morgan fingerprint density at radius 3 is 2.32 bits per heavy atom. The second kappa shape index (κ2) is 6.49. The minimum atomic E-state index is -0.579. The number of nitrogens with two attached hydrogens (primary N) is 1. The Morgan fingerprint density at radius 1 is 1.09 bits per heavy atom. The van der Waals surface area contributed by atoms with Gasteiger partial charge in [-0.25, -0.2) is 0 Å². The number of rotatable bonds is 4. The SMILES string of the molecule is Nc1ccccc1C(=O)NC(=O)Cc1ccc([N+](=O)[O-])cc1. The van der Waals surface area contributed by atoms with Gasteiger partial charge in [0.1, 0.15) is 0 Å². The van der Waals surface area contributed by atoms with E-state index in [0.29, 0.717) is 5.56 Å². The van der Waals surface area contributed by atoms with Gasteiger partial charge in [-0.3, -0.25) is 25.0 Å². The number of hydrogen-bond acceptors (Lipinski definition) is 5. The maximum absolute atomic E-state index is 11.9. The van der Waals surface area contributed by atoms with Gasteiger partial charge < -0.3 is 5.73 Å². The number of anilines is 1. The van der Waals surface area contributed by atoms with E-state index in [1.165, 1.54) is 30.3 Å². The maximum Gasteiger partial charge on any atom is 0.269 e. The number of amides is 2. The molecule has 2 aromatic rings. The van der Waals surface area contributed by atoms with Crippen LogP contribution in [0.2, 0.25) is 0 Å². The van der Waals surface area contributed by atoms with Crippen LogP contribution in [0.15, 0.2) is 48.5 Å². The Balaban J connectivity index is 1.99. The topological polar surface area (TPSA) is 115 Å². The molecule has 0 aromatic heterocycles. The zero-order valence-corrected chi connectivity index (χ0v) is 11.5. The molecule has 2 aromatic carbocycles. The van der Waals surface area contributed by atoms with E-state index in [0.717, 1.165) is 0 Å². The summed E-state index contributed by atoms with van der Waals surface area (Å²) in [6, 6.07) is 12.0. The standard InChI is InChI=1S/C15H13N3O4/c16-13-4-2-1-3-12(13)15(20)17-14(19)9-10-5-7-11(8-6-10)18(21)22/h1-8H,9,16H2,(H,17,19,20). The van der Waals surface area contributed by atoms with Crippen molar-refractivity contribution in [2.75, 3.05) is 5.73 Å². The molecule has 0 spiro atoms. The molecule has 22 heavy (non-hydrogen) atoms. The molecular formula is C15H13N3O4. The first-order chi connectivity index (χ1) is 10.5. The number of nitrogens with zero attached hydrogens (tertiary/aromatic N) is 1. The van der Waals surface area contributed by atoms with Crippen molar-refractivity contribution in [1.29, 1.82) is 0 Å². The van der Waals surface area contributed by atoms with Crippen LogP contribution in [0.25, 0.3) is 0 Å². The second-order valence-corrected chi connectivity index (χ2v) is 4.56. The molecular weight excluding hydrogens is 286 g/mol. The third-order valence-electron chi connectivity index (χ3n) is 2.97. The van der Waals surface area contributed by atoms with E-state index >= 15 is 0 Å². The van der Waals surface area contributed by atoms with E-state index in [2.05, 4.69) is 5.32 Å². The van der Waals surface area contributed by atoms with Gasteiger partial charge in [0.15, 0.2) is 0 Å². The van der Waals surface area contributed by atoms with Gasteiger partial charge in [0.05, 0.1) is 16.9 Å². The van der Waals surface area contributed by atoms with E-state index in [4.69, 9.17) is 5.73 Å². The fourth-order valence-electron chi connectivity index (χ4n) is 1.86. The number of carbonyl (C=O) groups is 2. The minimum Gasteiger partial charge on any atom is -0.398 e. The lowest BCUT2D eigenvalue weighted by atomic mass is 10.1. The number of hydrogen-bond donors (Lipinski definition) is 2. The highest BCUT2D eigenvalue weighted by Crippen LogP contribution is 2.13. The van der Waals surface area contributed by atoms with Crippen molar-refractivity contribution in [3.8, 4) is 0 Å². The van der Waals surface area contributed by atoms with Crippen LogP contribution >= 0.6 is 0 Å². The summed E-state index contributed by atoms with van der Waals surface area (Å²) in [7, 11) is 0. The maximum atomic E-state index is 11.9. The molecule has 0 saturated carbocycles. The molecule has 0 bridgehead atoms.